The van der Waals surface area contributed by atoms with E-state index in [0.717, 1.165) is 6.42 Å². The second-order valence-corrected chi connectivity index (χ2v) is 6.39. The minimum Gasteiger partial charge on any atom is -0.364 e. The van der Waals surface area contributed by atoms with E-state index >= 15 is 0 Å². The summed E-state index contributed by atoms with van der Waals surface area (Å²) in [7, 11) is 0. The number of H-pyrrole nitrogens is 1. The van der Waals surface area contributed by atoms with Crippen molar-refractivity contribution in [3.63, 3.8) is 0 Å². The number of hydrogen-bond acceptors (Lipinski definition) is 5. The van der Waals surface area contributed by atoms with Crippen molar-refractivity contribution in [2.24, 2.45) is 0 Å². The Morgan fingerprint density at radius 3 is 2.93 bits per heavy atom. The van der Waals surface area contributed by atoms with Gasteiger partial charge in [-0.3, -0.25) is 9.59 Å². The molecule has 1 aliphatic heterocycles. The van der Waals surface area contributed by atoms with Crippen LogP contribution in [-0.2, 0) is 4.79 Å². The number of nitrogens with one attached hydrogen (secondary N) is 3. The van der Waals surface area contributed by atoms with Crippen molar-refractivity contribution in [1.29, 1.82) is 0 Å². The number of aromatic nitrogens is 3. The van der Waals surface area contributed by atoms with Gasteiger partial charge in [-0.2, -0.15) is 13.2 Å². The molecule has 1 aliphatic rings. The summed E-state index contributed by atoms with van der Waals surface area (Å²) in [4.78, 5) is 36.8. The SMILES string of the molecule is C=CC(=O)N1CC[C@H](Nc2cnc3[nH]cc(C(=O)NCCC(F)(F)F)c3n2)C1. The van der Waals surface area contributed by atoms with Gasteiger partial charge >= 0.3 is 6.18 Å². The van der Waals surface area contributed by atoms with E-state index in [1.165, 1.54) is 18.5 Å². The van der Waals surface area contributed by atoms with Gasteiger partial charge in [-0.1, -0.05) is 6.58 Å². The first kappa shape index (κ1) is 19.6. The first-order chi connectivity index (χ1) is 13.3. The molecule has 2 amide bonds. The van der Waals surface area contributed by atoms with E-state index < -0.39 is 25.0 Å². The van der Waals surface area contributed by atoms with E-state index in [0.29, 0.717) is 24.6 Å². The van der Waals surface area contributed by atoms with Crippen LogP contribution >= 0.6 is 0 Å². The number of likely N-dealkylation sites (tertiary alicyclic amines) is 1. The summed E-state index contributed by atoms with van der Waals surface area (Å²) >= 11 is 0. The van der Waals surface area contributed by atoms with Crippen molar-refractivity contribution >= 4 is 28.8 Å². The third-order valence-corrected chi connectivity index (χ3v) is 4.35. The maximum absolute atomic E-state index is 12.2. The van der Waals surface area contributed by atoms with Crippen LogP contribution in [-0.4, -0.2) is 63.5 Å². The van der Waals surface area contributed by atoms with Crippen LogP contribution in [0.3, 0.4) is 0 Å². The summed E-state index contributed by atoms with van der Waals surface area (Å²) in [6.45, 7) is 4.03. The highest BCUT2D eigenvalue weighted by Gasteiger charge is 2.27. The number of hydrogen-bond donors (Lipinski definition) is 3. The van der Waals surface area contributed by atoms with Crippen molar-refractivity contribution in [1.82, 2.24) is 25.2 Å². The number of amides is 2. The van der Waals surface area contributed by atoms with E-state index in [4.69, 9.17) is 0 Å². The lowest BCUT2D eigenvalue weighted by atomic mass is 10.2. The smallest absolute Gasteiger partial charge is 0.364 e. The first-order valence-corrected chi connectivity index (χ1v) is 8.64. The third kappa shape index (κ3) is 4.59. The van der Waals surface area contributed by atoms with E-state index in [1.807, 2.05) is 0 Å². The van der Waals surface area contributed by atoms with Crippen LogP contribution in [0.5, 0.6) is 0 Å². The lowest BCUT2D eigenvalue weighted by Gasteiger charge is -2.15. The number of rotatable bonds is 6. The molecule has 0 saturated carbocycles. The highest BCUT2D eigenvalue weighted by molar-refractivity contribution is 6.04. The molecule has 3 rings (SSSR count). The number of carbonyl (C=O) groups is 2. The number of halogens is 3. The molecule has 0 aliphatic carbocycles. The molecule has 3 heterocycles. The van der Waals surface area contributed by atoms with E-state index in [2.05, 4.69) is 32.2 Å². The van der Waals surface area contributed by atoms with Crippen molar-refractivity contribution in [2.45, 2.75) is 25.1 Å². The van der Waals surface area contributed by atoms with Crippen molar-refractivity contribution in [3.8, 4) is 0 Å². The maximum Gasteiger partial charge on any atom is 0.390 e. The van der Waals surface area contributed by atoms with E-state index in [-0.39, 0.29) is 23.0 Å². The molecule has 2 aromatic heterocycles. The molecule has 28 heavy (non-hydrogen) atoms. The second kappa shape index (κ2) is 7.87. The summed E-state index contributed by atoms with van der Waals surface area (Å²) in [5.74, 6) is -0.394. The van der Waals surface area contributed by atoms with Crippen LogP contribution in [0.1, 0.15) is 23.2 Å². The predicted octanol–water partition coefficient (Wildman–Crippen LogP) is 1.84. The fraction of sp³-hybridized carbons (Fsp3) is 0.412. The topological polar surface area (TPSA) is 103 Å². The summed E-state index contributed by atoms with van der Waals surface area (Å²) in [5, 5.41) is 5.40. The zero-order chi connectivity index (χ0) is 20.3. The minimum atomic E-state index is -4.34. The van der Waals surface area contributed by atoms with E-state index in [9.17, 15) is 22.8 Å². The van der Waals surface area contributed by atoms with Gasteiger partial charge in [0.25, 0.3) is 5.91 Å². The molecule has 0 spiro atoms. The molecule has 3 N–H and O–H groups in total. The molecular formula is C17H19F3N6O2. The van der Waals surface area contributed by atoms with Gasteiger partial charge in [0.1, 0.15) is 11.3 Å². The van der Waals surface area contributed by atoms with E-state index in [1.54, 1.807) is 4.90 Å². The Kier molecular flexibility index (Phi) is 5.52. The second-order valence-electron chi connectivity index (χ2n) is 6.39. The maximum atomic E-state index is 12.2. The quantitative estimate of drug-likeness (QED) is 0.647. The van der Waals surface area contributed by atoms with Gasteiger partial charge < -0.3 is 20.5 Å². The van der Waals surface area contributed by atoms with Crippen LogP contribution in [0.2, 0.25) is 0 Å². The minimum absolute atomic E-state index is 0.0290. The largest absolute Gasteiger partial charge is 0.390 e. The van der Waals surface area contributed by atoms with Crippen LogP contribution in [0.15, 0.2) is 25.0 Å². The molecule has 0 aromatic carbocycles. The highest BCUT2D eigenvalue weighted by Crippen LogP contribution is 2.20. The zero-order valence-electron chi connectivity index (χ0n) is 14.8. The monoisotopic (exact) mass is 396 g/mol. The van der Waals surface area contributed by atoms with Gasteiger partial charge in [-0.25, -0.2) is 9.97 Å². The predicted molar refractivity (Wildman–Crippen MR) is 95.7 cm³/mol. The summed E-state index contributed by atoms with van der Waals surface area (Å²) in [6, 6.07) is -0.0290. The van der Waals surface area contributed by atoms with Gasteiger partial charge in [-0.05, 0) is 12.5 Å². The molecule has 0 unspecified atom stereocenters. The van der Waals surface area contributed by atoms with Gasteiger partial charge in [0.15, 0.2) is 5.65 Å². The zero-order valence-corrected chi connectivity index (χ0v) is 14.8. The van der Waals surface area contributed by atoms with Gasteiger partial charge in [-0.15, -0.1) is 0 Å². The number of fused-ring (bicyclic) bond motifs is 1. The molecule has 8 nitrogen and oxygen atoms in total. The number of carbonyl (C=O) groups excluding carboxylic acids is 2. The molecule has 11 heteroatoms. The number of anilines is 1. The molecule has 1 atom stereocenters. The molecule has 0 bridgehead atoms. The average Bonchev–Trinajstić information content (AvgIpc) is 3.26. The fourth-order valence-corrected chi connectivity index (χ4v) is 2.96. The molecule has 1 fully saturated rings. The highest BCUT2D eigenvalue weighted by atomic mass is 19.4. The summed E-state index contributed by atoms with van der Waals surface area (Å²) in [5.41, 5.74) is 0.719. The van der Waals surface area contributed by atoms with Gasteiger partial charge in [0.2, 0.25) is 5.91 Å². The van der Waals surface area contributed by atoms with Gasteiger partial charge in [0.05, 0.1) is 18.2 Å². The molecule has 2 aromatic rings. The van der Waals surface area contributed by atoms with Crippen LogP contribution in [0.25, 0.3) is 11.2 Å². The lowest BCUT2D eigenvalue weighted by Crippen LogP contribution is -2.30. The Bertz CT molecular complexity index is 895. The summed E-state index contributed by atoms with van der Waals surface area (Å²) < 4.78 is 36.7. The lowest BCUT2D eigenvalue weighted by molar-refractivity contribution is -0.133. The Morgan fingerprint density at radius 1 is 1.43 bits per heavy atom. The standard InChI is InChI=1S/C17H19F3N6O2/c1-2-13(27)26-6-3-10(9-26)24-12-8-23-15-14(25-12)11(7-22-15)16(28)21-5-4-17(18,19)20/h2,7-8,10H,1,3-6,9H2,(H,21,28)(H,22,23)(H,24,25)/t10-/m0/s1. The first-order valence-electron chi connectivity index (χ1n) is 8.64. The Balaban J connectivity index is 1.68. The normalized spacial score (nSPS) is 17.0. The summed E-state index contributed by atoms with van der Waals surface area (Å²) in [6.07, 6.45) is -0.623. The van der Waals surface area contributed by atoms with Crippen LogP contribution in [0.4, 0.5) is 19.0 Å². The molecular weight excluding hydrogens is 377 g/mol. The average molecular weight is 396 g/mol. The number of alkyl halides is 3. The van der Waals surface area contributed by atoms with Crippen LogP contribution in [0, 0.1) is 0 Å². The van der Waals surface area contributed by atoms with Crippen molar-refractivity contribution < 1.29 is 22.8 Å². The van der Waals surface area contributed by atoms with Crippen molar-refractivity contribution in [3.05, 3.63) is 30.6 Å². The van der Waals surface area contributed by atoms with Gasteiger partial charge in [0, 0.05) is 31.9 Å². The number of aromatic amines is 1. The van der Waals surface area contributed by atoms with Crippen LogP contribution < -0.4 is 10.6 Å². The fourth-order valence-electron chi connectivity index (χ4n) is 2.96. The Morgan fingerprint density at radius 2 is 2.21 bits per heavy atom. The third-order valence-electron chi connectivity index (χ3n) is 4.35. The Hall–Kier alpha value is -3.11. The molecule has 1 saturated heterocycles. The van der Waals surface area contributed by atoms with Crippen molar-refractivity contribution in [2.75, 3.05) is 25.0 Å². The molecule has 150 valence electrons. The Labute approximate surface area is 158 Å². The molecule has 0 radical (unpaired) electrons. The number of nitrogens with zero attached hydrogens (tertiary/aromatic N) is 3.